The number of aliphatic imine (C=N–C) groups is 1. The van der Waals surface area contributed by atoms with Crippen LogP contribution in [0.15, 0.2) is 46.0 Å². The van der Waals surface area contributed by atoms with Gasteiger partial charge in [-0.25, -0.2) is 4.99 Å². The van der Waals surface area contributed by atoms with E-state index in [1.807, 2.05) is 37.3 Å². The van der Waals surface area contributed by atoms with Crippen molar-refractivity contribution in [1.82, 2.24) is 10.6 Å². The SMILES string of the molecule is CCNC(=NCc1ccc(OC)c(OC)c1)NCCc1ccco1.I. The summed E-state index contributed by atoms with van der Waals surface area (Å²) in [6.07, 6.45) is 2.50. The Morgan fingerprint density at radius 3 is 2.56 bits per heavy atom. The molecular weight excluding hydrogens is 433 g/mol. The van der Waals surface area contributed by atoms with Crippen molar-refractivity contribution >= 4 is 29.9 Å². The molecule has 0 radical (unpaired) electrons. The lowest BCUT2D eigenvalue weighted by molar-refractivity contribution is 0.354. The average Bonchev–Trinajstić information content (AvgIpc) is 3.12. The Bertz CT molecular complexity index is 645. The van der Waals surface area contributed by atoms with Gasteiger partial charge >= 0.3 is 0 Å². The lowest BCUT2D eigenvalue weighted by Gasteiger charge is -2.11. The Morgan fingerprint density at radius 2 is 1.92 bits per heavy atom. The number of furan rings is 1. The molecule has 0 saturated carbocycles. The van der Waals surface area contributed by atoms with E-state index in [9.17, 15) is 0 Å². The molecule has 138 valence electrons. The Hall–Kier alpha value is -1.90. The van der Waals surface area contributed by atoms with Gasteiger partial charge in [-0.15, -0.1) is 24.0 Å². The molecule has 0 aliphatic carbocycles. The number of ether oxygens (including phenoxy) is 2. The fraction of sp³-hybridized carbons (Fsp3) is 0.389. The molecule has 0 saturated heterocycles. The average molecular weight is 459 g/mol. The highest BCUT2D eigenvalue weighted by atomic mass is 127. The largest absolute Gasteiger partial charge is 0.493 e. The van der Waals surface area contributed by atoms with Gasteiger partial charge in [-0.3, -0.25) is 0 Å². The van der Waals surface area contributed by atoms with Crippen molar-refractivity contribution in [2.45, 2.75) is 19.9 Å². The zero-order chi connectivity index (χ0) is 17.2. The number of hydrogen-bond acceptors (Lipinski definition) is 4. The van der Waals surface area contributed by atoms with Crippen molar-refractivity contribution in [2.24, 2.45) is 4.99 Å². The van der Waals surface area contributed by atoms with E-state index in [2.05, 4.69) is 15.6 Å². The van der Waals surface area contributed by atoms with Gasteiger partial charge in [0.15, 0.2) is 17.5 Å². The van der Waals surface area contributed by atoms with Crippen molar-refractivity contribution in [1.29, 1.82) is 0 Å². The second-order valence-corrected chi connectivity index (χ2v) is 5.14. The number of nitrogens with zero attached hydrogens (tertiary/aromatic N) is 1. The predicted molar refractivity (Wildman–Crippen MR) is 110 cm³/mol. The van der Waals surface area contributed by atoms with Gasteiger partial charge in [0.1, 0.15) is 5.76 Å². The van der Waals surface area contributed by atoms with Crippen LogP contribution in [-0.4, -0.2) is 33.3 Å². The van der Waals surface area contributed by atoms with E-state index in [4.69, 9.17) is 13.9 Å². The zero-order valence-corrected chi connectivity index (χ0v) is 17.2. The van der Waals surface area contributed by atoms with E-state index in [1.165, 1.54) is 0 Å². The molecule has 0 bridgehead atoms. The Morgan fingerprint density at radius 1 is 1.12 bits per heavy atom. The normalized spacial score (nSPS) is 10.8. The maximum atomic E-state index is 5.33. The molecule has 2 aromatic rings. The first-order chi connectivity index (χ1) is 11.8. The summed E-state index contributed by atoms with van der Waals surface area (Å²) >= 11 is 0. The Balaban J connectivity index is 0.00000312. The molecular formula is C18H26IN3O3. The van der Waals surface area contributed by atoms with E-state index >= 15 is 0 Å². The minimum absolute atomic E-state index is 0. The topological polar surface area (TPSA) is 68.0 Å². The molecule has 0 spiro atoms. The molecule has 0 amide bonds. The molecule has 0 atom stereocenters. The van der Waals surface area contributed by atoms with Crippen molar-refractivity contribution in [2.75, 3.05) is 27.3 Å². The van der Waals surface area contributed by atoms with E-state index in [-0.39, 0.29) is 24.0 Å². The van der Waals surface area contributed by atoms with Crippen LogP contribution in [0.3, 0.4) is 0 Å². The molecule has 1 heterocycles. The summed E-state index contributed by atoms with van der Waals surface area (Å²) in [6, 6.07) is 9.67. The number of hydrogen-bond donors (Lipinski definition) is 2. The van der Waals surface area contributed by atoms with Crippen LogP contribution in [0, 0.1) is 0 Å². The fourth-order valence-corrected chi connectivity index (χ4v) is 2.25. The standard InChI is InChI=1S/C18H25N3O3.HI/c1-4-19-18(20-10-9-15-6-5-11-24-15)21-13-14-7-8-16(22-2)17(12-14)23-3;/h5-8,11-12H,4,9-10,13H2,1-3H3,(H2,19,20,21);1H. The molecule has 25 heavy (non-hydrogen) atoms. The first-order valence-corrected chi connectivity index (χ1v) is 8.02. The van der Waals surface area contributed by atoms with Crippen LogP contribution in [0.5, 0.6) is 11.5 Å². The summed E-state index contributed by atoms with van der Waals surface area (Å²) in [5.41, 5.74) is 1.05. The number of methoxy groups -OCH3 is 2. The van der Waals surface area contributed by atoms with Crippen LogP contribution in [0.1, 0.15) is 18.2 Å². The Labute approximate surface area is 166 Å². The predicted octanol–water partition coefficient (Wildman–Crippen LogP) is 3.21. The number of rotatable bonds is 8. The van der Waals surface area contributed by atoms with Crippen molar-refractivity contribution < 1.29 is 13.9 Å². The smallest absolute Gasteiger partial charge is 0.191 e. The fourth-order valence-electron chi connectivity index (χ4n) is 2.25. The second kappa shape index (κ2) is 11.6. The van der Waals surface area contributed by atoms with E-state index < -0.39 is 0 Å². The molecule has 2 rings (SSSR count). The monoisotopic (exact) mass is 459 g/mol. The van der Waals surface area contributed by atoms with Gasteiger partial charge in [-0.05, 0) is 36.8 Å². The van der Waals surface area contributed by atoms with Gasteiger partial charge < -0.3 is 24.5 Å². The van der Waals surface area contributed by atoms with Crippen LogP contribution >= 0.6 is 24.0 Å². The summed E-state index contributed by atoms with van der Waals surface area (Å²) in [4.78, 5) is 4.60. The van der Waals surface area contributed by atoms with E-state index in [0.717, 1.165) is 36.8 Å². The van der Waals surface area contributed by atoms with Crippen LogP contribution in [0.2, 0.25) is 0 Å². The number of nitrogens with one attached hydrogen (secondary N) is 2. The third kappa shape index (κ3) is 6.85. The van der Waals surface area contributed by atoms with Crippen LogP contribution in [-0.2, 0) is 13.0 Å². The van der Waals surface area contributed by atoms with Crippen LogP contribution < -0.4 is 20.1 Å². The molecule has 0 aliphatic heterocycles. The third-order valence-corrected chi connectivity index (χ3v) is 3.46. The molecule has 2 N–H and O–H groups in total. The van der Waals surface area contributed by atoms with Gasteiger partial charge in [0.05, 0.1) is 27.0 Å². The van der Waals surface area contributed by atoms with Crippen molar-refractivity contribution in [3.63, 3.8) is 0 Å². The van der Waals surface area contributed by atoms with Crippen molar-refractivity contribution in [3.8, 4) is 11.5 Å². The van der Waals surface area contributed by atoms with E-state index in [0.29, 0.717) is 18.0 Å². The molecule has 0 aliphatic rings. The van der Waals surface area contributed by atoms with Crippen LogP contribution in [0.25, 0.3) is 0 Å². The number of halogens is 1. The van der Waals surface area contributed by atoms with Gasteiger partial charge in [0.25, 0.3) is 0 Å². The summed E-state index contributed by atoms with van der Waals surface area (Å²) < 4.78 is 15.9. The highest BCUT2D eigenvalue weighted by Gasteiger charge is 2.05. The maximum Gasteiger partial charge on any atom is 0.191 e. The third-order valence-electron chi connectivity index (χ3n) is 3.46. The number of guanidine groups is 1. The molecule has 0 fully saturated rings. The molecule has 6 nitrogen and oxygen atoms in total. The molecule has 1 aromatic carbocycles. The van der Waals surface area contributed by atoms with Crippen LogP contribution in [0.4, 0.5) is 0 Å². The van der Waals surface area contributed by atoms with E-state index in [1.54, 1.807) is 20.5 Å². The summed E-state index contributed by atoms with van der Waals surface area (Å²) in [6.45, 7) is 4.15. The van der Waals surface area contributed by atoms with Gasteiger partial charge in [-0.2, -0.15) is 0 Å². The van der Waals surface area contributed by atoms with Gasteiger partial charge in [-0.1, -0.05) is 6.07 Å². The zero-order valence-electron chi connectivity index (χ0n) is 14.9. The first kappa shape index (κ1) is 21.1. The summed E-state index contributed by atoms with van der Waals surface area (Å²) in [5.74, 6) is 3.16. The van der Waals surface area contributed by atoms with Gasteiger partial charge in [0.2, 0.25) is 0 Å². The minimum Gasteiger partial charge on any atom is -0.493 e. The molecule has 1 aromatic heterocycles. The Kier molecular flexibility index (Phi) is 9.83. The molecule has 7 heteroatoms. The molecule has 0 unspecified atom stereocenters. The first-order valence-electron chi connectivity index (χ1n) is 8.02. The number of benzene rings is 1. The quantitative estimate of drug-likeness (QED) is 0.361. The highest BCUT2D eigenvalue weighted by Crippen LogP contribution is 2.27. The lowest BCUT2D eigenvalue weighted by Crippen LogP contribution is -2.38. The second-order valence-electron chi connectivity index (χ2n) is 5.14. The van der Waals surface area contributed by atoms with Gasteiger partial charge in [0, 0.05) is 19.5 Å². The van der Waals surface area contributed by atoms with Crippen molar-refractivity contribution in [3.05, 3.63) is 47.9 Å². The summed E-state index contributed by atoms with van der Waals surface area (Å²) in [5, 5.41) is 6.54. The maximum absolute atomic E-state index is 5.33. The summed E-state index contributed by atoms with van der Waals surface area (Å²) in [7, 11) is 3.26. The lowest BCUT2D eigenvalue weighted by atomic mass is 10.2. The highest BCUT2D eigenvalue weighted by molar-refractivity contribution is 14.0. The minimum atomic E-state index is 0.